The van der Waals surface area contributed by atoms with Gasteiger partial charge in [-0.05, 0) is 39.8 Å². The fourth-order valence-electron chi connectivity index (χ4n) is 3.59. The Balaban J connectivity index is 0. The predicted molar refractivity (Wildman–Crippen MR) is 172 cm³/mol. The highest BCUT2D eigenvalue weighted by atomic mass is 32.2. The van der Waals surface area contributed by atoms with Crippen LogP contribution in [0.5, 0.6) is 0 Å². The van der Waals surface area contributed by atoms with Gasteiger partial charge in [0.2, 0.25) is 11.8 Å². The number of hydrogen-bond acceptors (Lipinski definition) is 18. The van der Waals surface area contributed by atoms with Crippen molar-refractivity contribution in [2.75, 3.05) is 11.5 Å². The van der Waals surface area contributed by atoms with Crippen LogP contribution in [-0.4, -0.2) is 144 Å². The Morgan fingerprint density at radius 3 is 1.22 bits per heavy atom. The van der Waals surface area contributed by atoms with E-state index in [1.54, 1.807) is 5.32 Å². The molecule has 54 heavy (non-hydrogen) atoms. The van der Waals surface area contributed by atoms with Gasteiger partial charge in [-0.1, -0.05) is 0 Å². The number of ketones is 2. The van der Waals surface area contributed by atoms with Gasteiger partial charge < -0.3 is 31.5 Å². The van der Waals surface area contributed by atoms with Gasteiger partial charge in [-0.15, -0.1) is 25.3 Å². The molecule has 302 valence electrons. The van der Waals surface area contributed by atoms with Gasteiger partial charge in [-0.2, -0.15) is 16.8 Å². The first kappa shape index (κ1) is 50.5. The molecule has 2 unspecified atom stereocenters. The molecular formula is C24H30N4O22S4. The van der Waals surface area contributed by atoms with Crippen molar-refractivity contribution >= 4 is 88.6 Å². The third-order valence-electron chi connectivity index (χ3n) is 5.87. The topological polar surface area (TPSA) is 436 Å². The van der Waals surface area contributed by atoms with Crippen LogP contribution in [0.25, 0.3) is 0 Å². The molecule has 0 aliphatic rings. The molecule has 0 saturated heterocycles. The SMILES string of the molecule is CC(=O)c1cc(C(=O)NC(CS(=O)(=O)O)C(=O)N[C@H](CS(=O)(=O)O)C(=O)O)c(C(C)=O)cc1C(=O)NC(C)C(=O)N[C@H](C)C(=O)O.O=S(=O)=O.O=S(=O)=O. The van der Waals surface area contributed by atoms with Crippen molar-refractivity contribution in [3.8, 4) is 0 Å². The Kier molecular flexibility index (Phi) is 20.4. The molecule has 0 aromatic heterocycles. The molecule has 0 fully saturated rings. The van der Waals surface area contributed by atoms with Crippen LogP contribution >= 0.6 is 0 Å². The van der Waals surface area contributed by atoms with Crippen molar-refractivity contribution in [1.82, 2.24) is 21.3 Å². The minimum absolute atomic E-state index is 0.519. The second-order valence-corrected chi connectivity index (χ2v) is 14.0. The monoisotopic (exact) mass is 854 g/mol. The van der Waals surface area contributed by atoms with Crippen molar-refractivity contribution in [3.05, 3.63) is 34.4 Å². The highest BCUT2D eigenvalue weighted by Crippen LogP contribution is 2.20. The fraction of sp³-hybridized carbons (Fsp3) is 0.417. The number of nitrogens with one attached hydrogen (secondary N) is 4. The summed E-state index contributed by atoms with van der Waals surface area (Å²) in [5.41, 5.74) is -2.34. The van der Waals surface area contributed by atoms with Gasteiger partial charge in [0, 0.05) is 11.1 Å². The van der Waals surface area contributed by atoms with Crippen molar-refractivity contribution in [3.63, 3.8) is 0 Å². The third-order valence-corrected chi connectivity index (χ3v) is 7.38. The number of rotatable bonds is 16. The van der Waals surface area contributed by atoms with Gasteiger partial charge in [-0.25, -0.2) is 4.79 Å². The number of benzene rings is 1. The summed E-state index contributed by atoms with van der Waals surface area (Å²) in [6.07, 6.45) is 0. The van der Waals surface area contributed by atoms with Gasteiger partial charge in [0.05, 0.1) is 11.1 Å². The van der Waals surface area contributed by atoms with Crippen LogP contribution in [0.4, 0.5) is 0 Å². The molecule has 4 amide bonds. The maximum Gasteiger partial charge on any atom is 0.425 e. The molecule has 0 saturated carbocycles. The van der Waals surface area contributed by atoms with Crippen molar-refractivity contribution in [2.45, 2.75) is 51.9 Å². The van der Waals surface area contributed by atoms with Gasteiger partial charge in [-0.3, -0.25) is 42.7 Å². The first-order chi connectivity index (χ1) is 24.3. The summed E-state index contributed by atoms with van der Waals surface area (Å²) in [5.74, 6) is -13.5. The van der Waals surface area contributed by atoms with Crippen LogP contribution in [0.2, 0.25) is 0 Å². The zero-order chi connectivity index (χ0) is 43.0. The Morgan fingerprint density at radius 1 is 0.556 bits per heavy atom. The minimum atomic E-state index is -5.11. The maximum atomic E-state index is 13.2. The first-order valence-corrected chi connectivity index (χ1v) is 18.8. The highest BCUT2D eigenvalue weighted by molar-refractivity contribution is 7.86. The summed E-state index contributed by atoms with van der Waals surface area (Å²) in [4.78, 5) is 98.4. The summed E-state index contributed by atoms with van der Waals surface area (Å²) >= 11 is 0. The van der Waals surface area contributed by atoms with E-state index in [2.05, 4.69) is 10.6 Å². The lowest BCUT2D eigenvalue weighted by molar-refractivity contribution is -0.141. The largest absolute Gasteiger partial charge is 0.480 e. The lowest BCUT2D eigenvalue weighted by Gasteiger charge is -2.21. The number of carbonyl (C=O) groups is 8. The number of amides is 4. The van der Waals surface area contributed by atoms with E-state index in [1.165, 1.54) is 6.92 Å². The summed E-state index contributed by atoms with van der Waals surface area (Å²) < 4.78 is 114. The van der Waals surface area contributed by atoms with Crippen LogP contribution in [0.15, 0.2) is 12.1 Å². The van der Waals surface area contributed by atoms with Crippen LogP contribution in [-0.2, 0) is 60.6 Å². The van der Waals surface area contributed by atoms with E-state index in [4.69, 9.17) is 40.0 Å². The molecule has 1 aromatic carbocycles. The van der Waals surface area contributed by atoms with E-state index in [-0.39, 0.29) is 0 Å². The molecule has 0 heterocycles. The zero-order valence-electron chi connectivity index (χ0n) is 27.6. The van der Waals surface area contributed by atoms with Gasteiger partial charge in [0.1, 0.15) is 35.7 Å². The summed E-state index contributed by atoms with van der Waals surface area (Å²) in [5, 5.41) is 25.8. The molecule has 0 bridgehead atoms. The molecule has 0 aliphatic heterocycles. The van der Waals surface area contributed by atoms with Crippen molar-refractivity contribution < 1.29 is 99.8 Å². The summed E-state index contributed by atoms with van der Waals surface area (Å²) in [6, 6.07) is -5.89. The normalized spacial score (nSPS) is 12.9. The van der Waals surface area contributed by atoms with Gasteiger partial charge >= 0.3 is 33.2 Å². The van der Waals surface area contributed by atoms with E-state index < -0.39 is 147 Å². The molecule has 8 N–H and O–H groups in total. The number of carbonyl (C=O) groups excluding carboxylic acids is 6. The molecule has 26 nitrogen and oxygen atoms in total. The van der Waals surface area contributed by atoms with Crippen LogP contribution in [0.3, 0.4) is 0 Å². The molecule has 0 radical (unpaired) electrons. The Morgan fingerprint density at radius 2 is 0.907 bits per heavy atom. The van der Waals surface area contributed by atoms with E-state index in [0.29, 0.717) is 0 Å². The first-order valence-electron chi connectivity index (χ1n) is 13.6. The van der Waals surface area contributed by atoms with E-state index in [1.807, 2.05) is 5.32 Å². The van der Waals surface area contributed by atoms with Crippen LogP contribution in [0.1, 0.15) is 69.1 Å². The molecule has 0 aliphatic carbocycles. The average Bonchev–Trinajstić information content (AvgIpc) is 2.97. The van der Waals surface area contributed by atoms with Gasteiger partial charge in [0.25, 0.3) is 32.1 Å². The molecule has 4 atom stereocenters. The third kappa shape index (κ3) is 20.5. The fourth-order valence-corrected chi connectivity index (χ4v) is 4.89. The molecule has 0 spiro atoms. The van der Waals surface area contributed by atoms with Crippen LogP contribution < -0.4 is 21.3 Å². The molecule has 1 aromatic rings. The van der Waals surface area contributed by atoms with E-state index in [9.17, 15) is 59.7 Å². The Bertz CT molecular complexity index is 2090. The zero-order valence-corrected chi connectivity index (χ0v) is 30.9. The van der Waals surface area contributed by atoms with Crippen LogP contribution in [0, 0.1) is 0 Å². The quantitative estimate of drug-likeness (QED) is 0.0571. The standard InChI is InChI=1S/C24H30N4O16S2.2O3S/c1-9(19(31)26-10(2)23(35)36)25-20(32)15-5-14(12(4)30)16(6-13(15)11(3)29)21(33)27-17(7-45(39,40)41)22(34)28-18(24(37)38)8-46(42,43)44;2*1-4(2)3/h5-6,9-10,17-18H,7-8H2,1-4H3,(H,25,32)(H,26,31)(H,27,33)(H,28,34)(H,35,36)(H,37,38)(H,39,40,41)(H,42,43,44);;/t9?,10-,17?,18-;;/m1../s1. The number of Topliss-reactive ketones (excluding diaryl/α,β-unsaturated/α-hetero) is 2. The van der Waals surface area contributed by atoms with E-state index >= 15 is 0 Å². The minimum Gasteiger partial charge on any atom is -0.480 e. The van der Waals surface area contributed by atoms with Crippen molar-refractivity contribution in [1.29, 1.82) is 0 Å². The van der Waals surface area contributed by atoms with Gasteiger partial charge in [0.15, 0.2) is 11.6 Å². The van der Waals surface area contributed by atoms with Crippen molar-refractivity contribution in [2.24, 2.45) is 0 Å². The Labute approximate surface area is 306 Å². The predicted octanol–water partition coefficient (Wildman–Crippen LogP) is -4.77. The number of carboxylic acids is 2. The lowest BCUT2D eigenvalue weighted by atomic mass is 9.93. The highest BCUT2D eigenvalue weighted by Gasteiger charge is 2.33. The van der Waals surface area contributed by atoms with E-state index in [0.717, 1.165) is 32.9 Å². The second-order valence-electron chi connectivity index (χ2n) is 10.2. The number of hydrogen-bond donors (Lipinski definition) is 8. The Hall–Kier alpha value is -5.56. The maximum absolute atomic E-state index is 13.2. The number of carboxylic acid groups (broad SMARTS) is 2. The molecule has 1 rings (SSSR count). The average molecular weight is 855 g/mol. The lowest BCUT2D eigenvalue weighted by Crippen LogP contribution is -2.55. The molecule has 30 heteroatoms. The summed E-state index contributed by atoms with van der Waals surface area (Å²) in [6.45, 7) is 4.19. The summed E-state index contributed by atoms with van der Waals surface area (Å²) in [7, 11) is -16.3. The smallest absolute Gasteiger partial charge is 0.425 e. The second kappa shape index (κ2) is 21.8. The number of aliphatic carboxylic acids is 2. The molecular weight excluding hydrogens is 825 g/mol.